The number of nitrogens with zero attached hydrogens (tertiary/aromatic N) is 1. The lowest BCUT2D eigenvalue weighted by molar-refractivity contribution is -0.131. The summed E-state index contributed by atoms with van der Waals surface area (Å²) in [7, 11) is 0. The molecule has 0 aromatic heterocycles. The Bertz CT molecular complexity index is 437. The number of hydrogen-bond acceptors (Lipinski definition) is 4. The van der Waals surface area contributed by atoms with Gasteiger partial charge in [0.15, 0.2) is 0 Å². The molecular weight excluding hydrogens is 298 g/mol. The summed E-state index contributed by atoms with van der Waals surface area (Å²) in [6, 6.07) is -0.550. The molecule has 1 saturated heterocycles. The number of ether oxygens (including phenoxy) is 1. The molecule has 1 fully saturated rings. The van der Waals surface area contributed by atoms with Crippen molar-refractivity contribution in [2.45, 2.75) is 59.1 Å². The third-order valence-electron chi connectivity index (χ3n) is 3.62. The van der Waals surface area contributed by atoms with Crippen LogP contribution in [0.25, 0.3) is 0 Å². The van der Waals surface area contributed by atoms with Crippen LogP contribution in [0.1, 0.15) is 47.5 Å². The van der Waals surface area contributed by atoms with Crippen molar-refractivity contribution in [2.75, 3.05) is 19.6 Å². The first-order chi connectivity index (χ1) is 10.6. The van der Waals surface area contributed by atoms with E-state index in [1.165, 1.54) is 0 Å². The maximum absolute atomic E-state index is 12.2. The van der Waals surface area contributed by atoms with Crippen molar-refractivity contribution in [3.8, 4) is 0 Å². The summed E-state index contributed by atoms with van der Waals surface area (Å²) in [5, 5.41) is 5.40. The van der Waals surface area contributed by atoms with Gasteiger partial charge in [0.2, 0.25) is 11.8 Å². The van der Waals surface area contributed by atoms with Crippen molar-refractivity contribution in [3.05, 3.63) is 0 Å². The summed E-state index contributed by atoms with van der Waals surface area (Å²) < 4.78 is 5.33. The fourth-order valence-corrected chi connectivity index (χ4v) is 2.37. The van der Waals surface area contributed by atoms with Gasteiger partial charge in [-0.3, -0.25) is 9.59 Å². The first kappa shape index (κ1) is 19.3. The van der Waals surface area contributed by atoms with Gasteiger partial charge < -0.3 is 20.3 Å². The highest BCUT2D eigenvalue weighted by Crippen LogP contribution is 2.20. The minimum absolute atomic E-state index is 0.132. The van der Waals surface area contributed by atoms with Crippen LogP contribution >= 0.6 is 0 Å². The highest BCUT2D eigenvalue weighted by Gasteiger charge is 2.30. The van der Waals surface area contributed by atoms with Crippen molar-refractivity contribution in [3.63, 3.8) is 0 Å². The van der Waals surface area contributed by atoms with E-state index < -0.39 is 11.6 Å². The molecule has 2 N–H and O–H groups in total. The van der Waals surface area contributed by atoms with Gasteiger partial charge in [-0.15, -0.1) is 0 Å². The van der Waals surface area contributed by atoms with E-state index in [-0.39, 0.29) is 23.8 Å². The second kappa shape index (κ2) is 8.17. The molecule has 132 valence electrons. The van der Waals surface area contributed by atoms with Gasteiger partial charge in [-0.1, -0.05) is 0 Å². The third kappa shape index (κ3) is 6.46. The molecule has 0 bridgehead atoms. The maximum Gasteiger partial charge on any atom is 0.410 e. The zero-order valence-electron chi connectivity index (χ0n) is 14.8. The summed E-state index contributed by atoms with van der Waals surface area (Å²) in [5.74, 6) is -0.495. The lowest BCUT2D eigenvalue weighted by Gasteiger charge is -2.33. The van der Waals surface area contributed by atoms with Crippen LogP contribution in [0.5, 0.6) is 0 Å². The minimum atomic E-state index is -0.550. The van der Waals surface area contributed by atoms with Crippen LogP contribution in [-0.4, -0.2) is 54.1 Å². The molecule has 0 radical (unpaired) electrons. The lowest BCUT2D eigenvalue weighted by Crippen LogP contribution is -2.49. The zero-order chi connectivity index (χ0) is 17.6. The largest absolute Gasteiger partial charge is 0.444 e. The molecule has 7 nitrogen and oxygen atoms in total. The standard InChI is InChI=1S/C16H29N3O4/c1-6-17-13(20)11(2)18-14(21)12-7-9-19(10-8-12)15(22)23-16(3,4)5/h11-12H,6-10H2,1-5H3,(H,17,20)(H,18,21)/t11-/m0/s1. The van der Waals surface area contributed by atoms with Crippen molar-refractivity contribution in [1.29, 1.82) is 0 Å². The van der Waals surface area contributed by atoms with Gasteiger partial charge >= 0.3 is 6.09 Å². The van der Waals surface area contributed by atoms with Crippen LogP contribution in [0, 0.1) is 5.92 Å². The van der Waals surface area contributed by atoms with Crippen LogP contribution in [0.2, 0.25) is 0 Å². The second-order valence-electron chi connectivity index (χ2n) is 6.87. The van der Waals surface area contributed by atoms with Gasteiger partial charge in [-0.05, 0) is 47.5 Å². The fraction of sp³-hybridized carbons (Fsp3) is 0.812. The van der Waals surface area contributed by atoms with Gasteiger partial charge in [-0.25, -0.2) is 4.79 Å². The lowest BCUT2D eigenvalue weighted by atomic mass is 9.96. The normalized spacial score (nSPS) is 17.3. The Labute approximate surface area is 138 Å². The molecule has 1 rings (SSSR count). The Morgan fingerprint density at radius 3 is 2.26 bits per heavy atom. The number of carbonyl (C=O) groups excluding carboxylic acids is 3. The fourth-order valence-electron chi connectivity index (χ4n) is 2.37. The monoisotopic (exact) mass is 327 g/mol. The molecule has 0 spiro atoms. The van der Waals surface area contributed by atoms with Crippen LogP contribution in [0.4, 0.5) is 4.79 Å². The number of piperidine rings is 1. The van der Waals surface area contributed by atoms with Crippen LogP contribution in [-0.2, 0) is 14.3 Å². The molecule has 0 aliphatic carbocycles. The predicted molar refractivity (Wildman–Crippen MR) is 86.8 cm³/mol. The molecule has 1 aliphatic heterocycles. The van der Waals surface area contributed by atoms with E-state index in [1.807, 2.05) is 27.7 Å². The third-order valence-corrected chi connectivity index (χ3v) is 3.62. The van der Waals surface area contributed by atoms with Crippen molar-refractivity contribution in [1.82, 2.24) is 15.5 Å². The van der Waals surface area contributed by atoms with Crippen molar-refractivity contribution < 1.29 is 19.1 Å². The Morgan fingerprint density at radius 1 is 1.22 bits per heavy atom. The van der Waals surface area contributed by atoms with E-state index in [0.717, 1.165) is 0 Å². The van der Waals surface area contributed by atoms with Crippen LogP contribution in [0.15, 0.2) is 0 Å². The Morgan fingerprint density at radius 2 is 1.78 bits per heavy atom. The SMILES string of the molecule is CCNC(=O)[C@H](C)NC(=O)C1CCN(C(=O)OC(C)(C)C)CC1. The van der Waals surface area contributed by atoms with Gasteiger partial charge in [-0.2, -0.15) is 0 Å². The molecule has 1 aliphatic rings. The Hall–Kier alpha value is -1.79. The topological polar surface area (TPSA) is 87.7 Å². The number of likely N-dealkylation sites (tertiary alicyclic amines) is 1. The van der Waals surface area contributed by atoms with Crippen LogP contribution < -0.4 is 10.6 Å². The zero-order valence-corrected chi connectivity index (χ0v) is 14.8. The van der Waals surface area contributed by atoms with Gasteiger partial charge in [0.25, 0.3) is 0 Å². The van der Waals surface area contributed by atoms with E-state index in [0.29, 0.717) is 32.5 Å². The summed E-state index contributed by atoms with van der Waals surface area (Å²) in [6.45, 7) is 10.5. The second-order valence-corrected chi connectivity index (χ2v) is 6.87. The minimum Gasteiger partial charge on any atom is -0.444 e. The molecule has 0 unspecified atom stereocenters. The van der Waals surface area contributed by atoms with E-state index >= 15 is 0 Å². The highest BCUT2D eigenvalue weighted by atomic mass is 16.6. The van der Waals surface area contributed by atoms with E-state index in [2.05, 4.69) is 10.6 Å². The van der Waals surface area contributed by atoms with E-state index in [4.69, 9.17) is 4.74 Å². The molecule has 1 heterocycles. The predicted octanol–water partition coefficient (Wildman–Crippen LogP) is 1.27. The first-order valence-electron chi connectivity index (χ1n) is 8.20. The average Bonchev–Trinajstić information content (AvgIpc) is 2.45. The Balaban J connectivity index is 2.42. The van der Waals surface area contributed by atoms with Gasteiger partial charge in [0.1, 0.15) is 11.6 Å². The molecule has 23 heavy (non-hydrogen) atoms. The molecule has 1 atom stereocenters. The molecular formula is C16H29N3O4. The smallest absolute Gasteiger partial charge is 0.410 e. The van der Waals surface area contributed by atoms with Gasteiger partial charge in [0.05, 0.1) is 0 Å². The number of nitrogens with one attached hydrogen (secondary N) is 2. The number of hydrogen-bond donors (Lipinski definition) is 2. The number of likely N-dealkylation sites (N-methyl/N-ethyl adjacent to an activating group) is 1. The van der Waals surface area contributed by atoms with Crippen LogP contribution in [0.3, 0.4) is 0 Å². The molecule has 0 aromatic rings. The number of amides is 3. The molecule has 3 amide bonds. The number of carbonyl (C=O) groups is 3. The molecule has 0 aromatic carbocycles. The summed E-state index contributed by atoms with van der Waals surface area (Å²) in [5.41, 5.74) is -0.520. The maximum atomic E-state index is 12.2. The van der Waals surface area contributed by atoms with E-state index in [1.54, 1.807) is 11.8 Å². The molecule has 7 heteroatoms. The highest BCUT2D eigenvalue weighted by molar-refractivity contribution is 5.88. The van der Waals surface area contributed by atoms with Crippen molar-refractivity contribution in [2.24, 2.45) is 5.92 Å². The van der Waals surface area contributed by atoms with Gasteiger partial charge in [0, 0.05) is 25.6 Å². The quantitative estimate of drug-likeness (QED) is 0.814. The summed E-state index contributed by atoms with van der Waals surface area (Å²) in [6.07, 6.45) is 0.812. The first-order valence-corrected chi connectivity index (χ1v) is 8.20. The van der Waals surface area contributed by atoms with E-state index in [9.17, 15) is 14.4 Å². The average molecular weight is 327 g/mol. The summed E-state index contributed by atoms with van der Waals surface area (Å²) in [4.78, 5) is 37.4. The number of rotatable bonds is 4. The molecule has 0 saturated carbocycles. The Kier molecular flexibility index (Phi) is 6.84. The van der Waals surface area contributed by atoms with Crippen molar-refractivity contribution >= 4 is 17.9 Å². The summed E-state index contributed by atoms with van der Waals surface area (Å²) >= 11 is 0.